The fourth-order valence-corrected chi connectivity index (χ4v) is 3.03. The number of H-pyrrole nitrogens is 1. The molecule has 142 valence electrons. The molecule has 0 spiro atoms. The number of para-hydroxylation sites is 1. The number of hydrogen-bond donors (Lipinski definition) is 3. The third-order valence-electron chi connectivity index (χ3n) is 3.79. The van der Waals surface area contributed by atoms with Crippen molar-refractivity contribution in [3.8, 4) is 11.3 Å². The summed E-state index contributed by atoms with van der Waals surface area (Å²) in [6.45, 7) is 1.46. The summed E-state index contributed by atoms with van der Waals surface area (Å²) >= 11 is 1.04. The molecule has 0 saturated heterocycles. The van der Waals surface area contributed by atoms with Gasteiger partial charge in [0, 0.05) is 22.5 Å². The number of amides is 1. The highest BCUT2D eigenvalue weighted by Gasteiger charge is 2.12. The number of nitrogens with one attached hydrogen (secondary N) is 2. The first-order valence-corrected chi connectivity index (χ1v) is 9.28. The number of hydrogen-bond acceptors (Lipinski definition) is 7. The Morgan fingerprint density at radius 2 is 1.93 bits per heavy atom. The van der Waals surface area contributed by atoms with Gasteiger partial charge in [0.05, 0.1) is 5.75 Å². The predicted molar refractivity (Wildman–Crippen MR) is 108 cm³/mol. The van der Waals surface area contributed by atoms with E-state index in [0.29, 0.717) is 22.5 Å². The predicted octanol–water partition coefficient (Wildman–Crippen LogP) is 2.35. The highest BCUT2D eigenvalue weighted by atomic mass is 32.2. The number of ketones is 1. The molecule has 8 nitrogen and oxygen atoms in total. The van der Waals surface area contributed by atoms with Gasteiger partial charge in [-0.15, -0.1) is 10.2 Å². The number of aromatic nitrogens is 3. The number of nitrogens with two attached hydrogens (primary N) is 1. The second-order valence-electron chi connectivity index (χ2n) is 5.87. The van der Waals surface area contributed by atoms with Crippen LogP contribution < -0.4 is 16.6 Å². The zero-order chi connectivity index (χ0) is 20.1. The minimum atomic E-state index is -0.440. The SMILES string of the molecule is CC(=O)c1cccc(NC(=O)CSc2nnc(-c3ccccc3N)c(=O)[nH]2)c1. The molecule has 0 atom stereocenters. The number of carbonyl (C=O) groups excluding carboxylic acids is 2. The summed E-state index contributed by atoms with van der Waals surface area (Å²) in [6, 6.07) is 13.5. The van der Waals surface area contributed by atoms with Gasteiger partial charge in [-0.05, 0) is 25.1 Å². The van der Waals surface area contributed by atoms with Crippen molar-refractivity contribution >= 4 is 34.8 Å². The maximum absolute atomic E-state index is 12.3. The number of thioether (sulfide) groups is 1. The van der Waals surface area contributed by atoms with E-state index < -0.39 is 5.56 Å². The van der Waals surface area contributed by atoms with Crippen LogP contribution in [0.25, 0.3) is 11.3 Å². The minimum absolute atomic E-state index is 0.0156. The lowest BCUT2D eigenvalue weighted by Gasteiger charge is -2.06. The van der Waals surface area contributed by atoms with Crippen molar-refractivity contribution in [2.45, 2.75) is 12.1 Å². The molecule has 3 rings (SSSR count). The van der Waals surface area contributed by atoms with E-state index in [4.69, 9.17) is 5.73 Å². The van der Waals surface area contributed by atoms with E-state index in [9.17, 15) is 14.4 Å². The Morgan fingerprint density at radius 1 is 1.14 bits per heavy atom. The molecular weight excluding hydrogens is 378 g/mol. The van der Waals surface area contributed by atoms with E-state index in [0.717, 1.165) is 11.8 Å². The molecule has 2 aromatic carbocycles. The molecule has 9 heteroatoms. The highest BCUT2D eigenvalue weighted by molar-refractivity contribution is 7.99. The number of benzene rings is 2. The normalized spacial score (nSPS) is 10.5. The van der Waals surface area contributed by atoms with E-state index in [1.165, 1.54) is 6.92 Å². The van der Waals surface area contributed by atoms with Crippen LogP contribution >= 0.6 is 11.8 Å². The van der Waals surface area contributed by atoms with Crippen LogP contribution in [0.3, 0.4) is 0 Å². The Hall–Kier alpha value is -3.46. The molecule has 1 amide bonds. The van der Waals surface area contributed by atoms with Gasteiger partial charge in [0.25, 0.3) is 5.56 Å². The minimum Gasteiger partial charge on any atom is -0.398 e. The van der Waals surface area contributed by atoms with Crippen LogP contribution in [0.1, 0.15) is 17.3 Å². The van der Waals surface area contributed by atoms with Gasteiger partial charge in [-0.25, -0.2) is 0 Å². The van der Waals surface area contributed by atoms with Gasteiger partial charge in [0.15, 0.2) is 16.6 Å². The van der Waals surface area contributed by atoms with Gasteiger partial charge < -0.3 is 11.1 Å². The Balaban J connectivity index is 1.65. The monoisotopic (exact) mass is 395 g/mol. The number of rotatable bonds is 6. The summed E-state index contributed by atoms with van der Waals surface area (Å²) in [5.74, 6) is -0.371. The largest absolute Gasteiger partial charge is 0.398 e. The number of anilines is 2. The molecule has 0 aliphatic carbocycles. The molecular formula is C19H17N5O3S. The van der Waals surface area contributed by atoms with Crippen LogP contribution in [-0.2, 0) is 4.79 Å². The first-order valence-electron chi connectivity index (χ1n) is 8.29. The Bertz CT molecular complexity index is 1100. The van der Waals surface area contributed by atoms with E-state index in [2.05, 4.69) is 20.5 Å². The highest BCUT2D eigenvalue weighted by Crippen LogP contribution is 2.20. The first kappa shape index (κ1) is 19.3. The van der Waals surface area contributed by atoms with Crippen LogP contribution in [0.2, 0.25) is 0 Å². The molecule has 4 N–H and O–H groups in total. The first-order chi connectivity index (χ1) is 13.4. The third kappa shape index (κ3) is 4.63. The average Bonchev–Trinajstić information content (AvgIpc) is 2.67. The molecule has 0 radical (unpaired) electrons. The van der Waals surface area contributed by atoms with Crippen molar-refractivity contribution < 1.29 is 9.59 Å². The third-order valence-corrected chi connectivity index (χ3v) is 4.65. The maximum Gasteiger partial charge on any atom is 0.278 e. The van der Waals surface area contributed by atoms with Crippen molar-refractivity contribution in [3.05, 3.63) is 64.4 Å². The van der Waals surface area contributed by atoms with E-state index in [-0.39, 0.29) is 28.3 Å². The van der Waals surface area contributed by atoms with Crippen molar-refractivity contribution in [1.29, 1.82) is 0 Å². The van der Waals surface area contributed by atoms with Crippen molar-refractivity contribution in [1.82, 2.24) is 15.2 Å². The molecule has 0 saturated carbocycles. The van der Waals surface area contributed by atoms with Crippen molar-refractivity contribution in [3.63, 3.8) is 0 Å². The topological polar surface area (TPSA) is 131 Å². The van der Waals surface area contributed by atoms with Gasteiger partial charge >= 0.3 is 0 Å². The average molecular weight is 395 g/mol. The Morgan fingerprint density at radius 3 is 2.64 bits per heavy atom. The molecule has 0 aliphatic heterocycles. The smallest absolute Gasteiger partial charge is 0.278 e. The lowest BCUT2D eigenvalue weighted by Crippen LogP contribution is -2.17. The van der Waals surface area contributed by atoms with Crippen LogP contribution in [0.5, 0.6) is 0 Å². The second-order valence-corrected chi connectivity index (χ2v) is 6.83. The molecule has 0 aliphatic rings. The summed E-state index contributed by atoms with van der Waals surface area (Å²) < 4.78 is 0. The summed E-state index contributed by atoms with van der Waals surface area (Å²) in [5.41, 5.74) is 7.49. The molecule has 3 aromatic rings. The zero-order valence-corrected chi connectivity index (χ0v) is 15.7. The quantitative estimate of drug-likeness (QED) is 0.332. The number of Topliss-reactive ketones (excluding diaryl/α,β-unsaturated/α-hetero) is 1. The second kappa shape index (κ2) is 8.49. The van der Waals surface area contributed by atoms with Gasteiger partial charge in [-0.1, -0.05) is 42.1 Å². The Kier molecular flexibility index (Phi) is 5.85. The number of aromatic amines is 1. The van der Waals surface area contributed by atoms with Crippen LogP contribution in [0.4, 0.5) is 11.4 Å². The van der Waals surface area contributed by atoms with Crippen LogP contribution in [0.15, 0.2) is 58.5 Å². The Labute approximate surface area is 164 Å². The summed E-state index contributed by atoms with van der Waals surface area (Å²) in [7, 11) is 0. The maximum atomic E-state index is 12.3. The molecule has 28 heavy (non-hydrogen) atoms. The molecule has 1 aromatic heterocycles. The number of nitrogen functional groups attached to an aromatic ring is 1. The van der Waals surface area contributed by atoms with E-state index in [1.54, 1.807) is 48.5 Å². The van der Waals surface area contributed by atoms with Crippen LogP contribution in [0, 0.1) is 0 Å². The number of carbonyl (C=O) groups is 2. The zero-order valence-electron chi connectivity index (χ0n) is 14.9. The van der Waals surface area contributed by atoms with Crippen molar-refractivity contribution in [2.75, 3.05) is 16.8 Å². The molecule has 0 bridgehead atoms. The van der Waals surface area contributed by atoms with Crippen molar-refractivity contribution in [2.24, 2.45) is 0 Å². The fourth-order valence-electron chi connectivity index (χ4n) is 2.42. The summed E-state index contributed by atoms with van der Waals surface area (Å²) in [4.78, 5) is 38.4. The number of nitrogens with zero attached hydrogens (tertiary/aromatic N) is 2. The fraction of sp³-hybridized carbons (Fsp3) is 0.105. The van der Waals surface area contributed by atoms with E-state index >= 15 is 0 Å². The molecule has 0 unspecified atom stereocenters. The van der Waals surface area contributed by atoms with Gasteiger partial charge in [-0.2, -0.15) is 0 Å². The van der Waals surface area contributed by atoms with Gasteiger partial charge in [-0.3, -0.25) is 19.4 Å². The van der Waals surface area contributed by atoms with Crippen LogP contribution in [-0.4, -0.2) is 32.6 Å². The lowest BCUT2D eigenvalue weighted by molar-refractivity contribution is -0.113. The van der Waals surface area contributed by atoms with Gasteiger partial charge in [0.2, 0.25) is 5.91 Å². The van der Waals surface area contributed by atoms with Gasteiger partial charge in [0.1, 0.15) is 0 Å². The summed E-state index contributed by atoms with van der Waals surface area (Å²) in [6.07, 6.45) is 0. The van der Waals surface area contributed by atoms with E-state index in [1.807, 2.05) is 0 Å². The standard InChI is InChI=1S/C19H17N5O3S/c1-11(25)12-5-4-6-13(9-12)21-16(26)10-28-19-22-18(27)17(23-24-19)14-7-2-3-8-15(14)20/h2-9H,10,20H2,1H3,(H,21,26)(H,22,24,27). The summed E-state index contributed by atoms with van der Waals surface area (Å²) in [5, 5.41) is 10.8. The lowest BCUT2D eigenvalue weighted by atomic mass is 10.1. The molecule has 1 heterocycles. The molecule has 0 fully saturated rings.